The number of carbonyl (C=O) groups excluding carboxylic acids is 1. The SMILES string of the molecule is CN(C)S(=O)(=O)c1ccc(NC(=O)C2CCN(S(=O)(=O)c3ccc4c(c3)CCC4)CC2)cc1. The zero-order valence-electron chi connectivity index (χ0n) is 18.8. The summed E-state index contributed by atoms with van der Waals surface area (Å²) in [6.07, 6.45) is 3.85. The summed E-state index contributed by atoms with van der Waals surface area (Å²) in [6.45, 7) is 0.578. The molecule has 1 fully saturated rings. The first-order chi connectivity index (χ1) is 15.6. The van der Waals surface area contributed by atoms with Gasteiger partial charge in [-0.15, -0.1) is 0 Å². The molecule has 1 aliphatic carbocycles. The van der Waals surface area contributed by atoms with Crippen LogP contribution in [0.5, 0.6) is 0 Å². The van der Waals surface area contributed by atoms with Crippen molar-refractivity contribution in [3.63, 3.8) is 0 Å². The van der Waals surface area contributed by atoms with E-state index in [9.17, 15) is 21.6 Å². The van der Waals surface area contributed by atoms with Crippen molar-refractivity contribution in [1.29, 1.82) is 0 Å². The van der Waals surface area contributed by atoms with E-state index in [1.165, 1.54) is 36.1 Å². The highest BCUT2D eigenvalue weighted by Gasteiger charge is 2.32. The smallest absolute Gasteiger partial charge is 0.243 e. The second kappa shape index (κ2) is 9.17. The second-order valence-corrected chi connectivity index (χ2v) is 12.9. The minimum absolute atomic E-state index is 0.149. The summed E-state index contributed by atoms with van der Waals surface area (Å²) in [4.78, 5) is 13.2. The quantitative estimate of drug-likeness (QED) is 0.669. The summed E-state index contributed by atoms with van der Waals surface area (Å²) >= 11 is 0. The van der Waals surface area contributed by atoms with Crippen LogP contribution in [0.15, 0.2) is 52.3 Å². The highest BCUT2D eigenvalue weighted by molar-refractivity contribution is 7.89. The Balaban J connectivity index is 1.36. The van der Waals surface area contributed by atoms with Gasteiger partial charge in [0.25, 0.3) is 0 Å². The Morgan fingerprint density at radius 2 is 1.52 bits per heavy atom. The van der Waals surface area contributed by atoms with E-state index in [1.807, 2.05) is 6.07 Å². The van der Waals surface area contributed by atoms with E-state index in [0.717, 1.165) is 29.1 Å². The van der Waals surface area contributed by atoms with Crippen LogP contribution in [0, 0.1) is 5.92 Å². The molecule has 8 nitrogen and oxygen atoms in total. The number of carbonyl (C=O) groups is 1. The number of anilines is 1. The largest absolute Gasteiger partial charge is 0.326 e. The number of amides is 1. The summed E-state index contributed by atoms with van der Waals surface area (Å²) in [5.41, 5.74) is 2.86. The van der Waals surface area contributed by atoms with E-state index < -0.39 is 20.0 Å². The molecule has 1 heterocycles. The average Bonchev–Trinajstić information content (AvgIpc) is 3.27. The number of nitrogens with zero attached hydrogens (tertiary/aromatic N) is 2. The van der Waals surface area contributed by atoms with Gasteiger partial charge in [-0.2, -0.15) is 4.31 Å². The predicted octanol–water partition coefficient (Wildman–Crippen LogP) is 2.47. The average molecular weight is 492 g/mol. The Hall–Kier alpha value is -2.27. The molecule has 1 N–H and O–H groups in total. The van der Waals surface area contributed by atoms with Crippen molar-refractivity contribution in [2.75, 3.05) is 32.5 Å². The summed E-state index contributed by atoms with van der Waals surface area (Å²) in [5, 5.41) is 2.82. The number of fused-ring (bicyclic) bond motifs is 1. The molecule has 33 heavy (non-hydrogen) atoms. The molecule has 4 rings (SSSR count). The van der Waals surface area contributed by atoms with Crippen molar-refractivity contribution >= 4 is 31.6 Å². The first-order valence-electron chi connectivity index (χ1n) is 11.0. The van der Waals surface area contributed by atoms with Crippen molar-refractivity contribution in [3.8, 4) is 0 Å². The van der Waals surface area contributed by atoms with Crippen LogP contribution in [0.25, 0.3) is 0 Å². The number of hydrogen-bond donors (Lipinski definition) is 1. The lowest BCUT2D eigenvalue weighted by Gasteiger charge is -2.30. The molecule has 0 aromatic heterocycles. The minimum Gasteiger partial charge on any atom is -0.326 e. The van der Waals surface area contributed by atoms with Gasteiger partial charge in [0.05, 0.1) is 9.79 Å². The molecule has 10 heteroatoms. The van der Waals surface area contributed by atoms with Crippen LogP contribution in [0.4, 0.5) is 5.69 Å². The van der Waals surface area contributed by atoms with Crippen LogP contribution >= 0.6 is 0 Å². The molecule has 0 saturated carbocycles. The van der Waals surface area contributed by atoms with Gasteiger partial charge in [0.15, 0.2) is 0 Å². The first-order valence-corrected chi connectivity index (χ1v) is 13.9. The van der Waals surface area contributed by atoms with Crippen LogP contribution in [0.2, 0.25) is 0 Å². The van der Waals surface area contributed by atoms with Gasteiger partial charge in [0.2, 0.25) is 26.0 Å². The van der Waals surface area contributed by atoms with Gasteiger partial charge in [0, 0.05) is 38.8 Å². The fourth-order valence-electron chi connectivity index (χ4n) is 4.38. The van der Waals surface area contributed by atoms with Gasteiger partial charge in [-0.25, -0.2) is 21.1 Å². The van der Waals surface area contributed by atoms with E-state index in [0.29, 0.717) is 23.4 Å². The number of piperidine rings is 1. The summed E-state index contributed by atoms with van der Waals surface area (Å²) in [5.74, 6) is -0.491. The lowest BCUT2D eigenvalue weighted by molar-refractivity contribution is -0.120. The Kier molecular flexibility index (Phi) is 6.63. The maximum absolute atomic E-state index is 13.1. The Labute approximate surface area is 195 Å². The highest BCUT2D eigenvalue weighted by Crippen LogP contribution is 2.29. The molecular weight excluding hydrogens is 462 g/mol. The lowest BCUT2D eigenvalue weighted by Crippen LogP contribution is -2.41. The fourth-order valence-corrected chi connectivity index (χ4v) is 6.80. The van der Waals surface area contributed by atoms with Crippen molar-refractivity contribution in [3.05, 3.63) is 53.6 Å². The molecule has 1 amide bonds. The number of rotatable bonds is 6. The number of hydrogen-bond acceptors (Lipinski definition) is 5. The molecule has 0 spiro atoms. The van der Waals surface area contributed by atoms with Crippen LogP contribution < -0.4 is 5.32 Å². The standard InChI is InChI=1S/C23H29N3O5S2/c1-25(2)32(28,29)21-10-7-20(8-11-21)24-23(27)18-12-14-26(15-13-18)33(30,31)22-9-6-17-4-3-5-19(17)16-22/h6-11,16,18H,3-5,12-15H2,1-2H3,(H,24,27). The second-order valence-electron chi connectivity index (χ2n) is 8.76. The van der Waals surface area contributed by atoms with Crippen molar-refractivity contribution < 1.29 is 21.6 Å². The zero-order chi connectivity index (χ0) is 23.8. The molecule has 1 saturated heterocycles. The number of nitrogens with one attached hydrogen (secondary N) is 1. The summed E-state index contributed by atoms with van der Waals surface area (Å²) in [7, 11) is -4.19. The molecule has 0 atom stereocenters. The highest BCUT2D eigenvalue weighted by atomic mass is 32.2. The third kappa shape index (κ3) is 4.84. The van der Waals surface area contributed by atoms with Gasteiger partial charge < -0.3 is 5.32 Å². The van der Waals surface area contributed by atoms with Gasteiger partial charge in [-0.1, -0.05) is 6.07 Å². The van der Waals surface area contributed by atoms with Gasteiger partial charge >= 0.3 is 0 Å². The van der Waals surface area contributed by atoms with Crippen molar-refractivity contribution in [2.45, 2.75) is 41.9 Å². The van der Waals surface area contributed by atoms with E-state index in [1.54, 1.807) is 24.3 Å². The lowest BCUT2D eigenvalue weighted by atomic mass is 9.97. The zero-order valence-corrected chi connectivity index (χ0v) is 20.5. The Morgan fingerprint density at radius 3 is 2.15 bits per heavy atom. The third-order valence-corrected chi connectivity index (χ3v) is 10.2. The van der Waals surface area contributed by atoms with E-state index in [2.05, 4.69) is 5.32 Å². The maximum atomic E-state index is 13.1. The number of benzene rings is 2. The first kappa shape index (κ1) is 23.9. The summed E-state index contributed by atoms with van der Waals surface area (Å²) < 4.78 is 53.1. The molecule has 2 aliphatic rings. The molecule has 1 aliphatic heterocycles. The van der Waals surface area contributed by atoms with Gasteiger partial charge in [-0.05, 0) is 79.6 Å². The molecule has 0 unspecified atom stereocenters. The van der Waals surface area contributed by atoms with Crippen LogP contribution in [-0.2, 0) is 37.7 Å². The van der Waals surface area contributed by atoms with Crippen LogP contribution in [0.1, 0.15) is 30.4 Å². The third-order valence-electron chi connectivity index (χ3n) is 6.43. The van der Waals surface area contributed by atoms with Crippen LogP contribution in [0.3, 0.4) is 0 Å². The monoisotopic (exact) mass is 491 g/mol. The van der Waals surface area contributed by atoms with E-state index in [-0.39, 0.29) is 29.8 Å². The normalized spacial score (nSPS) is 17.8. The molecule has 2 aromatic rings. The minimum atomic E-state index is -3.58. The molecule has 2 aromatic carbocycles. The number of aryl methyl sites for hydroxylation is 2. The molecule has 0 bridgehead atoms. The maximum Gasteiger partial charge on any atom is 0.243 e. The molecule has 0 radical (unpaired) electrons. The molecule has 178 valence electrons. The number of sulfonamides is 2. The van der Waals surface area contributed by atoms with Crippen LogP contribution in [-0.4, -0.2) is 58.5 Å². The Bertz CT molecular complexity index is 1250. The van der Waals surface area contributed by atoms with Gasteiger partial charge in [-0.3, -0.25) is 4.79 Å². The van der Waals surface area contributed by atoms with Crippen molar-refractivity contribution in [1.82, 2.24) is 8.61 Å². The van der Waals surface area contributed by atoms with Crippen molar-refractivity contribution in [2.24, 2.45) is 5.92 Å². The molecular formula is C23H29N3O5S2. The van der Waals surface area contributed by atoms with Gasteiger partial charge in [0.1, 0.15) is 0 Å². The van der Waals surface area contributed by atoms with E-state index >= 15 is 0 Å². The fraction of sp³-hybridized carbons (Fsp3) is 0.435. The Morgan fingerprint density at radius 1 is 0.909 bits per heavy atom. The van der Waals surface area contributed by atoms with E-state index in [4.69, 9.17) is 0 Å². The summed E-state index contributed by atoms with van der Waals surface area (Å²) in [6, 6.07) is 11.4. The predicted molar refractivity (Wildman–Crippen MR) is 126 cm³/mol. The topological polar surface area (TPSA) is 104 Å².